The average Bonchev–Trinajstić information content (AvgIpc) is 3.18. The van der Waals surface area contributed by atoms with E-state index in [0.29, 0.717) is 18.5 Å². The standard InChI is InChI=1S/C17H22FN5O2/c1-17(25,12-4-6-13(18)7-5-12)11-20-16(24)19-9-8-15-22-21-14-3-2-10-23(14)15/h4-7,25H,2-3,8-11H2,1H3,(H2,19,20,24)/t17-/m0/s1. The molecular formula is C17H22FN5O2. The Labute approximate surface area is 145 Å². The van der Waals surface area contributed by atoms with Gasteiger partial charge in [-0.15, -0.1) is 10.2 Å². The molecule has 1 atom stereocenters. The van der Waals surface area contributed by atoms with E-state index in [0.717, 1.165) is 31.0 Å². The van der Waals surface area contributed by atoms with E-state index < -0.39 is 5.60 Å². The Bertz CT molecular complexity index is 742. The summed E-state index contributed by atoms with van der Waals surface area (Å²) in [5.41, 5.74) is -0.744. The molecule has 0 spiro atoms. The van der Waals surface area contributed by atoms with Crippen molar-refractivity contribution in [3.63, 3.8) is 0 Å². The number of aliphatic hydroxyl groups is 1. The number of aromatic nitrogens is 3. The molecule has 2 aromatic rings. The molecule has 0 radical (unpaired) electrons. The van der Waals surface area contributed by atoms with Crippen molar-refractivity contribution in [3.8, 4) is 0 Å². The minimum atomic E-state index is -1.28. The second kappa shape index (κ2) is 7.18. The number of aryl methyl sites for hydroxylation is 1. The van der Waals surface area contributed by atoms with Crippen LogP contribution in [0, 0.1) is 5.82 Å². The van der Waals surface area contributed by atoms with Gasteiger partial charge in [-0.25, -0.2) is 9.18 Å². The molecule has 0 unspecified atom stereocenters. The first kappa shape index (κ1) is 17.3. The fourth-order valence-electron chi connectivity index (χ4n) is 2.91. The van der Waals surface area contributed by atoms with Crippen LogP contribution in [0.15, 0.2) is 24.3 Å². The van der Waals surface area contributed by atoms with Gasteiger partial charge in [0, 0.05) is 25.9 Å². The summed E-state index contributed by atoms with van der Waals surface area (Å²) < 4.78 is 15.1. The largest absolute Gasteiger partial charge is 0.384 e. The van der Waals surface area contributed by atoms with Crippen LogP contribution in [0.5, 0.6) is 0 Å². The fraction of sp³-hybridized carbons (Fsp3) is 0.471. The second-order valence-electron chi connectivity index (χ2n) is 6.43. The maximum atomic E-state index is 13.0. The summed E-state index contributed by atoms with van der Waals surface area (Å²) in [4.78, 5) is 11.9. The van der Waals surface area contributed by atoms with Crippen LogP contribution < -0.4 is 10.6 Å². The highest BCUT2D eigenvalue weighted by molar-refractivity contribution is 5.73. The van der Waals surface area contributed by atoms with Gasteiger partial charge in [-0.05, 0) is 31.0 Å². The minimum Gasteiger partial charge on any atom is -0.384 e. The molecule has 134 valence electrons. The smallest absolute Gasteiger partial charge is 0.314 e. The predicted molar refractivity (Wildman–Crippen MR) is 89.4 cm³/mol. The SMILES string of the molecule is C[C@](O)(CNC(=O)NCCc1nnc2n1CCC2)c1ccc(F)cc1. The molecule has 0 saturated carbocycles. The van der Waals surface area contributed by atoms with E-state index in [4.69, 9.17) is 0 Å². The van der Waals surface area contributed by atoms with Gasteiger partial charge in [-0.2, -0.15) is 0 Å². The van der Waals surface area contributed by atoms with Crippen LogP contribution in [-0.2, 0) is 25.0 Å². The average molecular weight is 347 g/mol. The molecule has 8 heteroatoms. The molecular weight excluding hydrogens is 325 g/mol. The van der Waals surface area contributed by atoms with Crippen molar-refractivity contribution in [3.05, 3.63) is 47.3 Å². The van der Waals surface area contributed by atoms with E-state index >= 15 is 0 Å². The molecule has 1 aromatic heterocycles. The number of nitrogens with zero attached hydrogens (tertiary/aromatic N) is 3. The Morgan fingerprint density at radius 2 is 2.08 bits per heavy atom. The first-order valence-electron chi connectivity index (χ1n) is 8.37. The van der Waals surface area contributed by atoms with Gasteiger partial charge >= 0.3 is 6.03 Å². The molecule has 3 N–H and O–H groups in total. The van der Waals surface area contributed by atoms with Gasteiger partial charge in [0.1, 0.15) is 23.1 Å². The van der Waals surface area contributed by atoms with E-state index in [9.17, 15) is 14.3 Å². The molecule has 3 rings (SSSR count). The van der Waals surface area contributed by atoms with Gasteiger partial charge in [0.25, 0.3) is 0 Å². The van der Waals surface area contributed by atoms with Crippen LogP contribution in [0.3, 0.4) is 0 Å². The summed E-state index contributed by atoms with van der Waals surface area (Å²) in [6, 6.07) is 5.19. The molecule has 25 heavy (non-hydrogen) atoms. The van der Waals surface area contributed by atoms with E-state index in [2.05, 4.69) is 25.4 Å². The van der Waals surface area contributed by atoms with Crippen molar-refractivity contribution in [2.45, 2.75) is 38.3 Å². The lowest BCUT2D eigenvalue weighted by Crippen LogP contribution is -2.44. The Balaban J connectivity index is 1.43. The third-order valence-electron chi connectivity index (χ3n) is 4.38. The molecule has 1 aliphatic rings. The summed E-state index contributed by atoms with van der Waals surface area (Å²) in [5, 5.41) is 24.1. The van der Waals surface area contributed by atoms with Crippen molar-refractivity contribution >= 4 is 6.03 Å². The minimum absolute atomic E-state index is 0.0186. The van der Waals surface area contributed by atoms with Crippen molar-refractivity contribution in [1.29, 1.82) is 0 Å². The Kier molecular flexibility index (Phi) is 4.98. The molecule has 2 amide bonds. The zero-order chi connectivity index (χ0) is 17.9. The number of hydrogen-bond donors (Lipinski definition) is 3. The quantitative estimate of drug-likeness (QED) is 0.730. The van der Waals surface area contributed by atoms with Crippen LogP contribution in [0.2, 0.25) is 0 Å². The van der Waals surface area contributed by atoms with Crippen LogP contribution in [0.1, 0.15) is 30.6 Å². The molecule has 7 nitrogen and oxygen atoms in total. The second-order valence-corrected chi connectivity index (χ2v) is 6.43. The lowest BCUT2D eigenvalue weighted by atomic mass is 9.96. The lowest BCUT2D eigenvalue weighted by Gasteiger charge is -2.24. The van der Waals surface area contributed by atoms with Crippen molar-refractivity contribution in [2.75, 3.05) is 13.1 Å². The van der Waals surface area contributed by atoms with Gasteiger partial charge in [-0.3, -0.25) is 0 Å². The molecule has 2 heterocycles. The number of hydrogen-bond acceptors (Lipinski definition) is 4. The molecule has 1 aliphatic heterocycles. The van der Waals surface area contributed by atoms with E-state index in [1.807, 2.05) is 0 Å². The number of nitrogens with one attached hydrogen (secondary N) is 2. The Morgan fingerprint density at radius 3 is 2.84 bits per heavy atom. The summed E-state index contributed by atoms with van der Waals surface area (Å²) in [5.74, 6) is 1.52. The van der Waals surface area contributed by atoms with Crippen LogP contribution in [0.4, 0.5) is 9.18 Å². The normalized spacial score (nSPS) is 15.5. The van der Waals surface area contributed by atoms with Gasteiger partial charge in [0.05, 0.1) is 6.54 Å². The summed E-state index contributed by atoms with van der Waals surface area (Å²) in [6.45, 7) is 2.96. The maximum Gasteiger partial charge on any atom is 0.314 e. The lowest BCUT2D eigenvalue weighted by molar-refractivity contribution is 0.0593. The van der Waals surface area contributed by atoms with Gasteiger partial charge in [-0.1, -0.05) is 12.1 Å². The molecule has 0 fully saturated rings. The van der Waals surface area contributed by atoms with E-state index in [1.54, 1.807) is 6.92 Å². The third-order valence-corrected chi connectivity index (χ3v) is 4.38. The first-order valence-corrected chi connectivity index (χ1v) is 8.37. The first-order chi connectivity index (χ1) is 12.0. The summed E-state index contributed by atoms with van der Waals surface area (Å²) in [7, 11) is 0. The maximum absolute atomic E-state index is 13.0. The monoisotopic (exact) mass is 347 g/mol. The van der Waals surface area contributed by atoms with Crippen LogP contribution in [0.25, 0.3) is 0 Å². The highest BCUT2D eigenvalue weighted by Gasteiger charge is 2.24. The number of halogens is 1. The van der Waals surface area contributed by atoms with Crippen molar-refractivity contribution < 1.29 is 14.3 Å². The third kappa shape index (κ3) is 4.14. The number of urea groups is 1. The number of carbonyl (C=O) groups excluding carboxylic acids is 1. The molecule has 0 saturated heterocycles. The Hall–Kier alpha value is -2.48. The molecule has 1 aromatic carbocycles. The molecule has 0 bridgehead atoms. The highest BCUT2D eigenvalue weighted by Crippen LogP contribution is 2.19. The predicted octanol–water partition coefficient (Wildman–Crippen LogP) is 1.11. The summed E-state index contributed by atoms with van der Waals surface area (Å²) in [6.07, 6.45) is 2.65. The molecule has 0 aliphatic carbocycles. The highest BCUT2D eigenvalue weighted by atomic mass is 19.1. The zero-order valence-corrected chi connectivity index (χ0v) is 14.1. The van der Waals surface area contributed by atoms with Gasteiger partial charge in [0.2, 0.25) is 0 Å². The number of carbonyl (C=O) groups is 1. The van der Waals surface area contributed by atoms with E-state index in [-0.39, 0.29) is 18.4 Å². The zero-order valence-electron chi connectivity index (χ0n) is 14.1. The van der Waals surface area contributed by atoms with Gasteiger partial charge < -0.3 is 20.3 Å². The topological polar surface area (TPSA) is 92.1 Å². The fourth-order valence-corrected chi connectivity index (χ4v) is 2.91. The Morgan fingerprint density at radius 1 is 1.32 bits per heavy atom. The number of amides is 2. The van der Waals surface area contributed by atoms with Crippen molar-refractivity contribution in [1.82, 2.24) is 25.4 Å². The van der Waals surface area contributed by atoms with Crippen molar-refractivity contribution in [2.24, 2.45) is 0 Å². The number of benzene rings is 1. The number of fused-ring (bicyclic) bond motifs is 1. The van der Waals surface area contributed by atoms with Gasteiger partial charge in [0.15, 0.2) is 0 Å². The van der Waals surface area contributed by atoms with Crippen LogP contribution in [-0.4, -0.2) is 39.0 Å². The number of rotatable bonds is 6. The van der Waals surface area contributed by atoms with Crippen LogP contribution >= 0.6 is 0 Å². The van der Waals surface area contributed by atoms with E-state index in [1.165, 1.54) is 24.3 Å². The summed E-state index contributed by atoms with van der Waals surface area (Å²) >= 11 is 0.